The largest absolute Gasteiger partial charge is 0.296 e. The molecule has 0 radical (unpaired) electrons. The number of hydrogen-bond donors (Lipinski definition) is 0. The highest BCUT2D eigenvalue weighted by Crippen LogP contribution is 2.87. The molecular weight excluding hydrogens is 254 g/mol. The van der Waals surface area contributed by atoms with E-state index in [0.717, 1.165) is 46.6 Å². The topological polar surface area (TPSA) is 3.24 Å². The van der Waals surface area contributed by atoms with Gasteiger partial charge in [0.2, 0.25) is 0 Å². The van der Waals surface area contributed by atoms with Gasteiger partial charge in [-0.15, -0.1) is 0 Å². The number of fused-ring (bicyclic) bond motifs is 1. The van der Waals surface area contributed by atoms with Gasteiger partial charge in [-0.1, -0.05) is 25.5 Å². The van der Waals surface area contributed by atoms with Crippen LogP contribution in [0.4, 0.5) is 0 Å². The molecular formula is C20H27N. The van der Waals surface area contributed by atoms with Gasteiger partial charge in [-0.05, 0) is 78.4 Å². The lowest BCUT2D eigenvalue weighted by molar-refractivity contribution is -0.115. The second kappa shape index (κ2) is 2.79. The lowest BCUT2D eigenvalue weighted by Crippen LogP contribution is -2.58. The number of rotatable bonds is 0. The van der Waals surface area contributed by atoms with Crippen molar-refractivity contribution in [3.05, 3.63) is 12.2 Å². The first-order chi connectivity index (χ1) is 10.1. The van der Waals surface area contributed by atoms with Crippen LogP contribution >= 0.6 is 0 Å². The Morgan fingerprint density at radius 3 is 3.05 bits per heavy atom. The van der Waals surface area contributed by atoms with Crippen molar-refractivity contribution < 1.29 is 0 Å². The molecule has 6 saturated carbocycles. The summed E-state index contributed by atoms with van der Waals surface area (Å²) in [6.45, 7) is 8.63. The van der Waals surface area contributed by atoms with Crippen molar-refractivity contribution >= 4 is 0 Å². The van der Waals surface area contributed by atoms with Crippen molar-refractivity contribution in [3.8, 4) is 0 Å². The van der Waals surface area contributed by atoms with E-state index in [2.05, 4.69) is 18.4 Å². The summed E-state index contributed by atoms with van der Waals surface area (Å²) in [6.07, 6.45) is 10.7. The normalized spacial score (nSPS) is 74.5. The van der Waals surface area contributed by atoms with E-state index in [1.54, 1.807) is 24.8 Å². The van der Waals surface area contributed by atoms with Crippen molar-refractivity contribution in [3.63, 3.8) is 0 Å². The fourth-order valence-electron chi connectivity index (χ4n) is 10.4. The molecule has 1 nitrogen and oxygen atoms in total. The van der Waals surface area contributed by atoms with Crippen LogP contribution in [0.15, 0.2) is 12.2 Å². The molecule has 10 atom stereocenters. The van der Waals surface area contributed by atoms with Gasteiger partial charge in [-0.2, -0.15) is 0 Å². The van der Waals surface area contributed by atoms with Crippen LogP contribution in [-0.4, -0.2) is 23.5 Å². The third-order valence-corrected chi connectivity index (χ3v) is 10.2. The Labute approximate surface area is 128 Å². The maximum Gasteiger partial charge on any atom is 0.0195 e. The Bertz CT molecular complexity index is 609. The molecule has 0 aromatic rings. The molecule has 21 heavy (non-hydrogen) atoms. The fourth-order valence-corrected chi connectivity index (χ4v) is 10.4. The SMILES string of the molecule is C=C1C[C@]23C[C@H]4C5[C@@]6(C)CCC[C@]57C(C2C[C@H]1C[C@H]37)N4C6. The molecule has 9 bridgehead atoms. The fraction of sp³-hybridized carbons (Fsp3) is 0.900. The highest BCUT2D eigenvalue weighted by atomic mass is 15.3. The molecule has 9 fully saturated rings. The molecule has 0 amide bonds. The molecule has 0 aromatic heterocycles. The van der Waals surface area contributed by atoms with Gasteiger partial charge >= 0.3 is 0 Å². The van der Waals surface area contributed by atoms with Crippen LogP contribution in [-0.2, 0) is 0 Å². The Kier molecular flexibility index (Phi) is 1.50. The minimum Gasteiger partial charge on any atom is -0.296 e. The highest BCUT2D eigenvalue weighted by Gasteiger charge is 2.86. The van der Waals surface area contributed by atoms with Crippen LogP contribution in [0, 0.1) is 39.9 Å². The van der Waals surface area contributed by atoms with E-state index in [1.165, 1.54) is 32.2 Å². The van der Waals surface area contributed by atoms with Crippen LogP contribution in [0.3, 0.4) is 0 Å². The molecule has 2 spiro atoms. The first kappa shape index (κ1) is 11.3. The lowest BCUT2D eigenvalue weighted by atomic mass is 9.41. The second-order valence-electron chi connectivity index (χ2n) is 10.4. The van der Waals surface area contributed by atoms with E-state index in [1.807, 2.05) is 0 Å². The molecule has 4 unspecified atom stereocenters. The zero-order valence-electron chi connectivity index (χ0n) is 13.3. The summed E-state index contributed by atoms with van der Waals surface area (Å²) in [6, 6.07) is 1.99. The molecule has 0 aromatic carbocycles. The van der Waals surface area contributed by atoms with E-state index >= 15 is 0 Å². The van der Waals surface area contributed by atoms with Gasteiger partial charge in [0.1, 0.15) is 0 Å². The molecule has 9 rings (SSSR count). The Morgan fingerprint density at radius 1 is 1.24 bits per heavy atom. The van der Waals surface area contributed by atoms with E-state index < -0.39 is 0 Å². The minimum absolute atomic E-state index is 0.689. The van der Waals surface area contributed by atoms with Gasteiger partial charge in [-0.25, -0.2) is 0 Å². The third-order valence-electron chi connectivity index (χ3n) is 10.2. The summed E-state index contributed by atoms with van der Waals surface area (Å²) in [7, 11) is 0. The van der Waals surface area contributed by atoms with E-state index in [-0.39, 0.29) is 0 Å². The number of piperidine rings is 2. The quantitative estimate of drug-likeness (QED) is 0.610. The standard InChI is InChI=1S/C20H27N/c1-11-8-19-9-14-16-18(2)4-3-5-20(16)15(19)7-12(11)6-13(19)17(20)21(14)10-18/h12-17H,1,3-10H2,2H3/t12-,13?,14-,15+,16?,17?,18-,19-,20+/m0/s1. The molecule has 3 saturated heterocycles. The van der Waals surface area contributed by atoms with Crippen LogP contribution in [0.2, 0.25) is 0 Å². The average Bonchev–Trinajstić information content (AvgIpc) is 2.84. The predicted octanol–water partition coefficient (Wildman–Crippen LogP) is 3.85. The summed E-state index contributed by atoms with van der Waals surface area (Å²) >= 11 is 0. The highest BCUT2D eigenvalue weighted by molar-refractivity contribution is 5.39. The van der Waals surface area contributed by atoms with Crippen LogP contribution in [0.5, 0.6) is 0 Å². The van der Waals surface area contributed by atoms with Crippen molar-refractivity contribution in [1.82, 2.24) is 4.90 Å². The van der Waals surface area contributed by atoms with Crippen LogP contribution < -0.4 is 0 Å². The lowest BCUT2D eigenvalue weighted by Gasteiger charge is -2.63. The summed E-state index contributed by atoms with van der Waals surface area (Å²) in [4.78, 5) is 3.09. The maximum atomic E-state index is 4.51. The number of nitrogens with zero attached hydrogens (tertiary/aromatic N) is 1. The first-order valence-electron chi connectivity index (χ1n) is 9.54. The van der Waals surface area contributed by atoms with Gasteiger partial charge in [-0.3, -0.25) is 4.90 Å². The Hall–Kier alpha value is -0.300. The zero-order chi connectivity index (χ0) is 13.8. The van der Waals surface area contributed by atoms with E-state index in [4.69, 9.17) is 0 Å². The Balaban J connectivity index is 1.53. The first-order valence-corrected chi connectivity index (χ1v) is 9.54. The monoisotopic (exact) mass is 281 g/mol. The van der Waals surface area contributed by atoms with Crippen molar-refractivity contribution in [2.45, 2.75) is 64.0 Å². The zero-order valence-corrected chi connectivity index (χ0v) is 13.3. The molecule has 3 heterocycles. The van der Waals surface area contributed by atoms with Crippen LogP contribution in [0.25, 0.3) is 0 Å². The van der Waals surface area contributed by atoms with Gasteiger partial charge in [0.05, 0.1) is 0 Å². The molecule has 9 aliphatic rings. The smallest absolute Gasteiger partial charge is 0.0195 e. The van der Waals surface area contributed by atoms with E-state index in [9.17, 15) is 0 Å². The molecule has 3 aliphatic heterocycles. The summed E-state index contributed by atoms with van der Waals surface area (Å²) in [5, 5.41) is 0. The third kappa shape index (κ3) is 0.821. The molecule has 112 valence electrons. The van der Waals surface area contributed by atoms with Gasteiger partial charge < -0.3 is 0 Å². The van der Waals surface area contributed by atoms with Crippen molar-refractivity contribution in [2.24, 2.45) is 39.9 Å². The second-order valence-corrected chi connectivity index (χ2v) is 10.4. The maximum absolute atomic E-state index is 4.51. The summed E-state index contributed by atoms with van der Waals surface area (Å²) in [5.74, 6) is 4.15. The molecule has 0 N–H and O–H groups in total. The van der Waals surface area contributed by atoms with Crippen molar-refractivity contribution in [2.75, 3.05) is 6.54 Å². The van der Waals surface area contributed by atoms with Crippen LogP contribution in [0.1, 0.15) is 51.9 Å². The van der Waals surface area contributed by atoms with E-state index in [0.29, 0.717) is 5.41 Å². The Morgan fingerprint density at radius 2 is 2.14 bits per heavy atom. The molecule has 1 heteroatoms. The number of allylic oxidation sites excluding steroid dienone is 1. The minimum atomic E-state index is 0.689. The van der Waals surface area contributed by atoms with Gasteiger partial charge in [0.25, 0.3) is 0 Å². The van der Waals surface area contributed by atoms with Gasteiger partial charge in [0.15, 0.2) is 0 Å². The molecule has 6 aliphatic carbocycles. The summed E-state index contributed by atoms with van der Waals surface area (Å²) in [5.41, 5.74) is 3.85. The summed E-state index contributed by atoms with van der Waals surface area (Å²) < 4.78 is 0. The van der Waals surface area contributed by atoms with Gasteiger partial charge in [0, 0.05) is 18.6 Å². The van der Waals surface area contributed by atoms with Crippen molar-refractivity contribution in [1.29, 1.82) is 0 Å². The predicted molar refractivity (Wildman–Crippen MR) is 82.7 cm³/mol. The number of hydrogen-bond acceptors (Lipinski definition) is 1. The average molecular weight is 281 g/mol.